The zero-order chi connectivity index (χ0) is 11.7. The fraction of sp³-hybridized carbons (Fsp3) is 0.571. The Morgan fingerprint density at radius 3 is 2.88 bits per heavy atom. The van der Waals surface area contributed by atoms with Gasteiger partial charge < -0.3 is 14.8 Å². The molecule has 3 rings (SSSR count). The van der Waals surface area contributed by atoms with E-state index in [4.69, 9.17) is 9.47 Å². The molecule has 1 fully saturated rings. The molecule has 0 aliphatic carbocycles. The summed E-state index contributed by atoms with van der Waals surface area (Å²) in [4.78, 5) is 0. The molecule has 0 saturated carbocycles. The maximum Gasteiger partial charge on any atom is 0.119 e. The summed E-state index contributed by atoms with van der Waals surface area (Å²) in [6.07, 6.45) is 3.24. The predicted molar refractivity (Wildman–Crippen MR) is 66.4 cm³/mol. The van der Waals surface area contributed by atoms with Crippen LogP contribution in [0.3, 0.4) is 0 Å². The summed E-state index contributed by atoms with van der Waals surface area (Å²) >= 11 is 0. The highest BCUT2D eigenvalue weighted by molar-refractivity contribution is 5.42. The fourth-order valence-electron chi connectivity index (χ4n) is 3.07. The fourth-order valence-corrected chi connectivity index (χ4v) is 3.07. The first-order chi connectivity index (χ1) is 8.34. The van der Waals surface area contributed by atoms with Crippen LogP contribution in [0.2, 0.25) is 0 Å². The Labute approximate surface area is 102 Å². The van der Waals surface area contributed by atoms with Crippen molar-refractivity contribution >= 4 is 0 Å². The summed E-state index contributed by atoms with van der Waals surface area (Å²) < 4.78 is 10.8. The molecule has 0 bridgehead atoms. The maximum atomic E-state index is 5.49. The van der Waals surface area contributed by atoms with Crippen molar-refractivity contribution in [2.45, 2.75) is 24.8 Å². The van der Waals surface area contributed by atoms with Gasteiger partial charge in [0.1, 0.15) is 5.75 Å². The highest BCUT2D eigenvalue weighted by Crippen LogP contribution is 2.38. The Morgan fingerprint density at radius 1 is 1.29 bits per heavy atom. The van der Waals surface area contributed by atoms with Crippen molar-refractivity contribution in [1.29, 1.82) is 0 Å². The largest absolute Gasteiger partial charge is 0.497 e. The van der Waals surface area contributed by atoms with Crippen molar-refractivity contribution in [3.8, 4) is 5.75 Å². The minimum absolute atomic E-state index is 0.151. The third-order valence-corrected chi connectivity index (χ3v) is 4.03. The van der Waals surface area contributed by atoms with E-state index in [1.807, 2.05) is 0 Å². The van der Waals surface area contributed by atoms with Gasteiger partial charge in [-0.3, -0.25) is 0 Å². The van der Waals surface area contributed by atoms with Gasteiger partial charge in [-0.1, -0.05) is 6.07 Å². The lowest BCUT2D eigenvalue weighted by Crippen LogP contribution is -2.50. The number of hydrogen-bond donors (Lipinski definition) is 1. The molecule has 17 heavy (non-hydrogen) atoms. The molecule has 0 unspecified atom stereocenters. The molecule has 1 aromatic rings. The van der Waals surface area contributed by atoms with Crippen molar-refractivity contribution in [3.05, 3.63) is 29.3 Å². The van der Waals surface area contributed by atoms with Crippen LogP contribution in [0.15, 0.2) is 18.2 Å². The van der Waals surface area contributed by atoms with Gasteiger partial charge in [-0.2, -0.15) is 0 Å². The summed E-state index contributed by atoms with van der Waals surface area (Å²) in [5.74, 6) is 0.966. The van der Waals surface area contributed by atoms with Gasteiger partial charge in [0.25, 0.3) is 0 Å². The zero-order valence-electron chi connectivity index (χ0n) is 10.3. The molecule has 2 aliphatic heterocycles. The van der Waals surface area contributed by atoms with Crippen LogP contribution in [0, 0.1) is 0 Å². The van der Waals surface area contributed by atoms with Gasteiger partial charge in [0.2, 0.25) is 0 Å². The van der Waals surface area contributed by atoms with Gasteiger partial charge >= 0.3 is 0 Å². The molecule has 1 aromatic carbocycles. The number of methoxy groups -OCH3 is 1. The van der Waals surface area contributed by atoms with E-state index in [-0.39, 0.29) is 5.54 Å². The van der Waals surface area contributed by atoms with Gasteiger partial charge in [-0.15, -0.1) is 0 Å². The topological polar surface area (TPSA) is 30.5 Å². The third kappa shape index (κ3) is 1.83. The SMILES string of the molecule is COc1ccc2c(c1)CCNC21CCOCC1. The number of hydrogen-bond acceptors (Lipinski definition) is 3. The number of rotatable bonds is 1. The normalized spacial score (nSPS) is 22.2. The molecular weight excluding hydrogens is 214 g/mol. The van der Waals surface area contributed by atoms with E-state index in [0.29, 0.717) is 0 Å². The average Bonchev–Trinajstić information content (AvgIpc) is 2.39. The number of nitrogens with one attached hydrogen (secondary N) is 1. The molecule has 0 radical (unpaired) electrons. The lowest BCUT2D eigenvalue weighted by atomic mass is 9.77. The molecule has 3 nitrogen and oxygen atoms in total. The number of fused-ring (bicyclic) bond motifs is 2. The van der Waals surface area contributed by atoms with Crippen molar-refractivity contribution in [3.63, 3.8) is 0 Å². The van der Waals surface area contributed by atoms with Crippen LogP contribution in [0.5, 0.6) is 5.75 Å². The second kappa shape index (κ2) is 4.31. The molecule has 2 heterocycles. The van der Waals surface area contributed by atoms with Gasteiger partial charge in [-0.25, -0.2) is 0 Å². The summed E-state index contributed by atoms with van der Waals surface area (Å²) in [6, 6.07) is 6.49. The minimum Gasteiger partial charge on any atom is -0.497 e. The van der Waals surface area contributed by atoms with E-state index >= 15 is 0 Å². The van der Waals surface area contributed by atoms with Gasteiger partial charge in [-0.05, 0) is 42.5 Å². The Kier molecular flexibility index (Phi) is 2.81. The number of benzene rings is 1. The van der Waals surface area contributed by atoms with Crippen molar-refractivity contribution in [2.75, 3.05) is 26.9 Å². The van der Waals surface area contributed by atoms with Crippen LogP contribution in [0.4, 0.5) is 0 Å². The van der Waals surface area contributed by atoms with Crippen LogP contribution in [-0.4, -0.2) is 26.9 Å². The van der Waals surface area contributed by atoms with Crippen LogP contribution < -0.4 is 10.1 Å². The van der Waals surface area contributed by atoms with Gasteiger partial charge in [0.05, 0.1) is 7.11 Å². The average molecular weight is 233 g/mol. The monoisotopic (exact) mass is 233 g/mol. The highest BCUT2D eigenvalue weighted by atomic mass is 16.5. The second-order valence-corrected chi connectivity index (χ2v) is 4.89. The summed E-state index contributed by atoms with van der Waals surface area (Å²) in [5.41, 5.74) is 3.04. The lowest BCUT2D eigenvalue weighted by molar-refractivity contribution is 0.0341. The van der Waals surface area contributed by atoms with Crippen LogP contribution >= 0.6 is 0 Å². The van der Waals surface area contributed by atoms with Crippen LogP contribution in [0.1, 0.15) is 24.0 Å². The first kappa shape index (κ1) is 11.1. The van der Waals surface area contributed by atoms with E-state index in [1.54, 1.807) is 7.11 Å². The van der Waals surface area contributed by atoms with E-state index in [9.17, 15) is 0 Å². The third-order valence-electron chi connectivity index (χ3n) is 4.03. The van der Waals surface area contributed by atoms with Crippen molar-refractivity contribution in [2.24, 2.45) is 0 Å². The Balaban J connectivity index is 2.01. The Morgan fingerprint density at radius 2 is 2.12 bits per heavy atom. The Hall–Kier alpha value is -1.06. The van der Waals surface area contributed by atoms with Crippen molar-refractivity contribution in [1.82, 2.24) is 5.32 Å². The van der Waals surface area contributed by atoms with Crippen LogP contribution in [-0.2, 0) is 16.7 Å². The Bertz CT molecular complexity index is 411. The molecule has 1 spiro atoms. The summed E-state index contributed by atoms with van der Waals surface area (Å²) in [7, 11) is 1.73. The molecule has 1 saturated heterocycles. The van der Waals surface area contributed by atoms with Gasteiger partial charge in [0, 0.05) is 25.3 Å². The van der Waals surface area contributed by atoms with E-state index in [0.717, 1.165) is 44.8 Å². The van der Waals surface area contributed by atoms with Crippen molar-refractivity contribution < 1.29 is 9.47 Å². The van der Waals surface area contributed by atoms with E-state index < -0.39 is 0 Å². The zero-order valence-corrected chi connectivity index (χ0v) is 10.3. The predicted octanol–water partition coefficient (Wildman–Crippen LogP) is 1.85. The molecule has 0 aromatic heterocycles. The second-order valence-electron chi connectivity index (χ2n) is 4.89. The van der Waals surface area contributed by atoms with E-state index in [1.165, 1.54) is 11.1 Å². The standard InChI is InChI=1S/C14H19NO2/c1-16-12-2-3-13-11(10-12)4-7-15-14(13)5-8-17-9-6-14/h2-3,10,15H,4-9H2,1H3. The van der Waals surface area contributed by atoms with Crippen LogP contribution in [0.25, 0.3) is 0 Å². The van der Waals surface area contributed by atoms with E-state index in [2.05, 4.69) is 23.5 Å². The first-order valence-corrected chi connectivity index (χ1v) is 6.34. The molecule has 3 heteroatoms. The lowest BCUT2D eigenvalue weighted by Gasteiger charge is -2.43. The molecule has 0 amide bonds. The highest BCUT2D eigenvalue weighted by Gasteiger charge is 2.37. The quantitative estimate of drug-likeness (QED) is 0.803. The van der Waals surface area contributed by atoms with Gasteiger partial charge in [0.15, 0.2) is 0 Å². The molecule has 0 atom stereocenters. The number of ether oxygens (including phenoxy) is 2. The molecular formula is C14H19NO2. The molecule has 1 N–H and O–H groups in total. The molecule has 92 valence electrons. The maximum absolute atomic E-state index is 5.49. The smallest absolute Gasteiger partial charge is 0.119 e. The minimum atomic E-state index is 0.151. The summed E-state index contributed by atoms with van der Waals surface area (Å²) in [5, 5.41) is 3.71. The summed E-state index contributed by atoms with van der Waals surface area (Å²) in [6.45, 7) is 2.77. The first-order valence-electron chi connectivity index (χ1n) is 6.34. The molecule has 2 aliphatic rings.